The molecule has 38 heavy (non-hydrogen) atoms. The van der Waals surface area contributed by atoms with E-state index in [0.717, 1.165) is 50.4 Å². The Morgan fingerprint density at radius 2 is 2.03 bits per heavy atom. The van der Waals surface area contributed by atoms with Crippen LogP contribution in [0.15, 0.2) is 45.8 Å². The summed E-state index contributed by atoms with van der Waals surface area (Å²) in [5, 5.41) is 3.79. The van der Waals surface area contributed by atoms with Gasteiger partial charge in [0.15, 0.2) is 5.65 Å². The van der Waals surface area contributed by atoms with E-state index >= 15 is 0 Å². The van der Waals surface area contributed by atoms with E-state index in [4.69, 9.17) is 16.4 Å². The zero-order valence-electron chi connectivity index (χ0n) is 22.3. The van der Waals surface area contributed by atoms with Crippen molar-refractivity contribution >= 4 is 34.1 Å². The second kappa shape index (κ2) is 9.76. The molecule has 2 atom stereocenters. The summed E-state index contributed by atoms with van der Waals surface area (Å²) in [6.07, 6.45) is 12.1. The standard InChI is InChI=1S/C29H34N8O/c1-5-12-36-28(38)23-18-30-29(31-22-9-10-24(20(3)17-22)35-15-13-34(4)14-16-35)33-27(23)37(36)25-11-8-21-7-6-19(2)26(21)32-25/h1,8-10,17-19,25H,6-7,11-16H2,2-4H3,(H,30,31,33). The second-order valence-electron chi connectivity index (χ2n) is 10.7. The highest BCUT2D eigenvalue weighted by molar-refractivity contribution is 6.04. The molecule has 1 aromatic carbocycles. The topological polar surface area (TPSA) is 83.6 Å². The van der Waals surface area contributed by atoms with E-state index in [1.54, 1.807) is 10.9 Å². The molecule has 1 N–H and O–H groups in total. The Balaban J connectivity index is 1.33. The number of rotatable bonds is 5. The number of aromatic nitrogens is 4. The van der Waals surface area contributed by atoms with Gasteiger partial charge in [-0.15, -0.1) is 6.42 Å². The first-order chi connectivity index (χ1) is 18.4. The van der Waals surface area contributed by atoms with E-state index in [1.165, 1.54) is 16.8 Å². The molecule has 2 fully saturated rings. The van der Waals surface area contributed by atoms with Crippen LogP contribution in [0.2, 0.25) is 0 Å². The molecule has 9 heteroatoms. The van der Waals surface area contributed by atoms with Gasteiger partial charge in [0, 0.05) is 55.9 Å². The van der Waals surface area contributed by atoms with Crippen molar-refractivity contribution in [3.8, 4) is 12.3 Å². The quantitative estimate of drug-likeness (QED) is 0.527. The maximum absolute atomic E-state index is 13.3. The third-order valence-electron chi connectivity index (χ3n) is 8.04. The van der Waals surface area contributed by atoms with Crippen LogP contribution in [0.25, 0.3) is 11.0 Å². The number of fused-ring (bicyclic) bond motifs is 2. The molecule has 6 rings (SSSR count). The molecule has 9 nitrogen and oxygen atoms in total. The average molecular weight is 511 g/mol. The molecule has 4 heterocycles. The molecular formula is C29H34N8O. The number of nitrogens with zero attached hydrogens (tertiary/aromatic N) is 7. The minimum absolute atomic E-state index is 0.151. The number of hydrogen-bond donors (Lipinski definition) is 1. The minimum atomic E-state index is -0.263. The van der Waals surface area contributed by atoms with Crippen molar-refractivity contribution in [3.63, 3.8) is 0 Å². The number of benzene rings is 1. The fraction of sp³-hybridized carbons (Fsp3) is 0.448. The Morgan fingerprint density at radius 3 is 2.79 bits per heavy atom. The van der Waals surface area contributed by atoms with Gasteiger partial charge in [0.05, 0.1) is 0 Å². The molecule has 2 unspecified atom stereocenters. The molecule has 3 aliphatic rings. The Kier molecular flexibility index (Phi) is 6.28. The van der Waals surface area contributed by atoms with Gasteiger partial charge in [-0.25, -0.2) is 14.3 Å². The van der Waals surface area contributed by atoms with E-state index < -0.39 is 0 Å². The minimum Gasteiger partial charge on any atom is -0.369 e. The van der Waals surface area contributed by atoms with Crippen molar-refractivity contribution in [2.45, 2.75) is 45.8 Å². The maximum atomic E-state index is 13.3. The van der Waals surface area contributed by atoms with Crippen molar-refractivity contribution in [1.82, 2.24) is 24.2 Å². The Morgan fingerprint density at radius 1 is 1.21 bits per heavy atom. The van der Waals surface area contributed by atoms with Gasteiger partial charge in [0.25, 0.3) is 5.56 Å². The molecule has 1 saturated carbocycles. The predicted molar refractivity (Wildman–Crippen MR) is 152 cm³/mol. The van der Waals surface area contributed by atoms with Crippen molar-refractivity contribution in [2.75, 3.05) is 43.4 Å². The van der Waals surface area contributed by atoms with Crippen molar-refractivity contribution < 1.29 is 0 Å². The van der Waals surface area contributed by atoms with Crippen LogP contribution in [-0.4, -0.2) is 63.2 Å². The number of nitrogens with one attached hydrogen (secondary N) is 1. The van der Waals surface area contributed by atoms with E-state index in [9.17, 15) is 4.79 Å². The predicted octanol–water partition coefficient (Wildman–Crippen LogP) is 3.73. The summed E-state index contributed by atoms with van der Waals surface area (Å²) in [6, 6.07) is 6.34. The van der Waals surface area contributed by atoms with E-state index in [0.29, 0.717) is 29.3 Å². The lowest BCUT2D eigenvalue weighted by atomic mass is 10.0. The number of piperazine rings is 1. The van der Waals surface area contributed by atoms with Crippen LogP contribution in [0, 0.1) is 25.2 Å². The summed E-state index contributed by atoms with van der Waals surface area (Å²) in [5.74, 6) is 3.48. The van der Waals surface area contributed by atoms with Crippen LogP contribution in [0.1, 0.15) is 37.9 Å². The van der Waals surface area contributed by atoms with Crippen LogP contribution < -0.4 is 15.8 Å². The summed E-state index contributed by atoms with van der Waals surface area (Å²) >= 11 is 0. The Bertz CT molecular complexity index is 1550. The molecule has 1 saturated heterocycles. The lowest BCUT2D eigenvalue weighted by molar-refractivity contribution is 0.312. The summed E-state index contributed by atoms with van der Waals surface area (Å²) in [6.45, 7) is 8.68. The largest absolute Gasteiger partial charge is 0.369 e. The van der Waals surface area contributed by atoms with Crippen LogP contribution >= 0.6 is 0 Å². The third-order valence-corrected chi connectivity index (χ3v) is 8.04. The number of aliphatic imine (C=N–C) groups is 1. The van der Waals surface area contributed by atoms with Gasteiger partial charge < -0.3 is 15.1 Å². The van der Waals surface area contributed by atoms with Crippen LogP contribution in [0.5, 0.6) is 0 Å². The lowest BCUT2D eigenvalue weighted by Crippen LogP contribution is -2.44. The third kappa shape index (κ3) is 4.29. The van der Waals surface area contributed by atoms with Crippen LogP contribution in [0.4, 0.5) is 17.3 Å². The normalized spacial score (nSPS) is 21.7. The number of dihydropyridines is 1. The van der Waals surface area contributed by atoms with Crippen molar-refractivity contribution in [1.29, 1.82) is 0 Å². The van der Waals surface area contributed by atoms with Gasteiger partial charge in [-0.2, -0.15) is 4.98 Å². The first-order valence-electron chi connectivity index (χ1n) is 13.4. The fourth-order valence-electron chi connectivity index (χ4n) is 5.90. The summed E-state index contributed by atoms with van der Waals surface area (Å²) < 4.78 is 3.45. The first kappa shape index (κ1) is 24.4. The molecular weight excluding hydrogens is 476 g/mol. The van der Waals surface area contributed by atoms with Crippen molar-refractivity contribution in [3.05, 3.63) is 52.0 Å². The van der Waals surface area contributed by atoms with Gasteiger partial charge in [-0.1, -0.05) is 18.9 Å². The van der Waals surface area contributed by atoms with Gasteiger partial charge in [0.1, 0.15) is 18.1 Å². The van der Waals surface area contributed by atoms with Gasteiger partial charge in [0.2, 0.25) is 5.95 Å². The van der Waals surface area contributed by atoms with E-state index in [-0.39, 0.29) is 18.3 Å². The van der Waals surface area contributed by atoms with Gasteiger partial charge in [-0.05, 0) is 62.1 Å². The highest BCUT2D eigenvalue weighted by Crippen LogP contribution is 2.35. The number of allylic oxidation sites excluding steroid dienone is 1. The number of likely N-dealkylation sites (N-methyl/N-ethyl adjacent to an activating group) is 1. The van der Waals surface area contributed by atoms with E-state index in [1.807, 2.05) is 4.68 Å². The molecule has 196 valence electrons. The monoisotopic (exact) mass is 510 g/mol. The summed E-state index contributed by atoms with van der Waals surface area (Å²) in [7, 11) is 2.17. The molecule has 0 amide bonds. The van der Waals surface area contributed by atoms with Gasteiger partial charge >= 0.3 is 0 Å². The number of hydrogen-bond acceptors (Lipinski definition) is 7. The molecule has 2 aromatic heterocycles. The highest BCUT2D eigenvalue weighted by Gasteiger charge is 2.30. The fourth-order valence-corrected chi connectivity index (χ4v) is 5.90. The SMILES string of the molecule is C#CCn1c(=O)c2cnc(Nc3ccc(N4CCN(C)CC4)c(C)c3)nc2n1C1CC=C2CCC(C)C2=N1. The zero-order chi connectivity index (χ0) is 26.4. The lowest BCUT2D eigenvalue weighted by Gasteiger charge is -2.35. The van der Waals surface area contributed by atoms with Crippen LogP contribution in [-0.2, 0) is 6.54 Å². The second-order valence-corrected chi connectivity index (χ2v) is 10.7. The Hall–Kier alpha value is -3.90. The molecule has 0 bridgehead atoms. The van der Waals surface area contributed by atoms with Crippen molar-refractivity contribution in [2.24, 2.45) is 10.9 Å². The number of aryl methyl sites for hydroxylation is 1. The molecule has 3 aromatic rings. The molecule has 0 radical (unpaired) electrons. The molecule has 0 spiro atoms. The van der Waals surface area contributed by atoms with Crippen LogP contribution in [0.3, 0.4) is 0 Å². The maximum Gasteiger partial charge on any atom is 0.278 e. The summed E-state index contributed by atoms with van der Waals surface area (Å²) in [5.41, 5.74) is 6.20. The zero-order valence-corrected chi connectivity index (χ0v) is 22.3. The summed E-state index contributed by atoms with van der Waals surface area (Å²) in [4.78, 5) is 32.4. The van der Waals surface area contributed by atoms with E-state index in [2.05, 4.69) is 71.2 Å². The smallest absolute Gasteiger partial charge is 0.278 e. The first-order valence-corrected chi connectivity index (χ1v) is 13.4. The molecule has 1 aliphatic carbocycles. The Labute approximate surface area is 222 Å². The highest BCUT2D eigenvalue weighted by atomic mass is 16.1. The average Bonchev–Trinajstić information content (AvgIpc) is 3.41. The number of anilines is 3. The molecule has 2 aliphatic heterocycles. The number of terminal acetylenes is 1. The van der Waals surface area contributed by atoms with Gasteiger partial charge in [-0.3, -0.25) is 9.79 Å².